The molecule has 142 valence electrons. The molecule has 1 aliphatic heterocycles. The van der Waals surface area contributed by atoms with E-state index in [2.05, 4.69) is 5.32 Å². The van der Waals surface area contributed by atoms with Crippen molar-refractivity contribution < 1.29 is 18.7 Å². The molecule has 5 nitrogen and oxygen atoms in total. The maximum atomic E-state index is 13.9. The number of fused-ring (bicyclic) bond motifs is 1. The summed E-state index contributed by atoms with van der Waals surface area (Å²) in [5.74, 6) is -0.650. The molecule has 2 amide bonds. The van der Waals surface area contributed by atoms with E-state index in [0.717, 1.165) is 5.56 Å². The molecule has 0 radical (unpaired) electrons. The molecule has 0 aliphatic carbocycles. The minimum atomic E-state index is -0.575. The van der Waals surface area contributed by atoms with E-state index in [4.69, 9.17) is 4.74 Å². The summed E-state index contributed by atoms with van der Waals surface area (Å²) in [5.41, 5.74) is 2.07. The number of anilines is 1. The van der Waals surface area contributed by atoms with Gasteiger partial charge in [0.05, 0.1) is 6.04 Å². The Kier molecular flexibility index (Phi) is 5.44. The normalized spacial score (nSPS) is 21.3. The second-order valence-electron chi connectivity index (χ2n) is 6.88. The number of rotatable bonds is 3. The van der Waals surface area contributed by atoms with Crippen LogP contribution in [0.25, 0.3) is 0 Å². The molecule has 1 heterocycles. The molecule has 0 saturated carbocycles. The molecule has 0 saturated heterocycles. The fraction of sp³-hybridized carbons (Fsp3) is 0.333. The zero-order valence-corrected chi connectivity index (χ0v) is 15.6. The van der Waals surface area contributed by atoms with E-state index in [9.17, 15) is 14.0 Å². The summed E-state index contributed by atoms with van der Waals surface area (Å²) in [6, 6.07) is 13.0. The van der Waals surface area contributed by atoms with Gasteiger partial charge < -0.3 is 15.0 Å². The van der Waals surface area contributed by atoms with E-state index in [-0.39, 0.29) is 24.5 Å². The Morgan fingerprint density at radius 1 is 1.15 bits per heavy atom. The predicted molar refractivity (Wildman–Crippen MR) is 101 cm³/mol. The van der Waals surface area contributed by atoms with E-state index < -0.39 is 18.0 Å². The van der Waals surface area contributed by atoms with Crippen LogP contribution in [0.1, 0.15) is 37.9 Å². The van der Waals surface area contributed by atoms with Crippen LogP contribution in [0.5, 0.6) is 0 Å². The van der Waals surface area contributed by atoms with Gasteiger partial charge >= 0.3 is 6.09 Å². The number of nitrogens with one attached hydrogen (secondary N) is 1. The van der Waals surface area contributed by atoms with Crippen molar-refractivity contribution in [1.29, 1.82) is 0 Å². The quantitative estimate of drug-likeness (QED) is 0.882. The number of carbonyl (C=O) groups is 2. The van der Waals surface area contributed by atoms with Crippen LogP contribution in [0.2, 0.25) is 0 Å². The van der Waals surface area contributed by atoms with Gasteiger partial charge in [0.1, 0.15) is 12.4 Å². The Labute approximate surface area is 158 Å². The molecule has 6 heteroatoms. The summed E-state index contributed by atoms with van der Waals surface area (Å²) in [6.07, 6.45) is -0.575. The van der Waals surface area contributed by atoms with Crippen LogP contribution in [0.15, 0.2) is 48.5 Å². The summed E-state index contributed by atoms with van der Waals surface area (Å²) >= 11 is 0. The average molecular weight is 370 g/mol. The number of halogens is 1. The molecule has 3 rings (SSSR count). The highest BCUT2D eigenvalue weighted by Crippen LogP contribution is 2.41. The number of hydrogen-bond acceptors (Lipinski definition) is 3. The van der Waals surface area contributed by atoms with Gasteiger partial charge in [-0.3, -0.25) is 4.79 Å². The second kappa shape index (κ2) is 7.78. The summed E-state index contributed by atoms with van der Waals surface area (Å²) in [4.78, 5) is 26.1. The molecule has 27 heavy (non-hydrogen) atoms. The van der Waals surface area contributed by atoms with Crippen LogP contribution < -0.4 is 10.2 Å². The maximum Gasteiger partial charge on any atom is 0.407 e. The zero-order chi connectivity index (χ0) is 19.6. The summed E-state index contributed by atoms with van der Waals surface area (Å²) in [7, 11) is 0. The SMILES string of the molecule is CC(=O)N1c2ccc(F)cc2[C@H](NC(=O)OCc2ccccc2)[C@@H](C)[C@@H]1C. The Hall–Kier alpha value is -2.89. The Morgan fingerprint density at radius 3 is 2.52 bits per heavy atom. The Bertz CT molecular complexity index is 841. The first-order chi connectivity index (χ1) is 12.9. The molecule has 0 bridgehead atoms. The lowest BCUT2D eigenvalue weighted by molar-refractivity contribution is -0.117. The number of hydrogen-bond donors (Lipinski definition) is 1. The van der Waals surface area contributed by atoms with Gasteiger partial charge in [0.15, 0.2) is 0 Å². The van der Waals surface area contributed by atoms with Gasteiger partial charge in [-0.05, 0) is 30.7 Å². The van der Waals surface area contributed by atoms with Crippen LogP contribution in [-0.2, 0) is 16.1 Å². The smallest absolute Gasteiger partial charge is 0.407 e. The minimum absolute atomic E-state index is 0.118. The predicted octanol–water partition coefficient (Wildman–Crippen LogP) is 4.18. The number of carbonyl (C=O) groups excluding carboxylic acids is 2. The number of benzene rings is 2. The van der Waals surface area contributed by atoms with Crippen molar-refractivity contribution in [2.24, 2.45) is 5.92 Å². The molecule has 0 fully saturated rings. The van der Waals surface area contributed by atoms with E-state index in [1.165, 1.54) is 19.1 Å². The van der Waals surface area contributed by atoms with Crippen molar-refractivity contribution in [1.82, 2.24) is 5.32 Å². The minimum Gasteiger partial charge on any atom is -0.445 e. The van der Waals surface area contributed by atoms with Crippen molar-refractivity contribution in [2.75, 3.05) is 4.90 Å². The van der Waals surface area contributed by atoms with E-state index in [0.29, 0.717) is 11.3 Å². The number of amides is 2. The Morgan fingerprint density at radius 2 is 1.85 bits per heavy atom. The fourth-order valence-electron chi connectivity index (χ4n) is 3.57. The number of alkyl carbamates (subject to hydrolysis) is 1. The van der Waals surface area contributed by atoms with E-state index in [1.54, 1.807) is 11.0 Å². The largest absolute Gasteiger partial charge is 0.445 e. The lowest BCUT2D eigenvalue weighted by Gasteiger charge is -2.43. The van der Waals surface area contributed by atoms with Crippen molar-refractivity contribution in [3.05, 3.63) is 65.5 Å². The van der Waals surface area contributed by atoms with Crippen LogP contribution in [0, 0.1) is 11.7 Å². The third-order valence-electron chi connectivity index (χ3n) is 5.10. The monoisotopic (exact) mass is 370 g/mol. The van der Waals surface area contributed by atoms with Gasteiger partial charge in [0, 0.05) is 30.1 Å². The maximum absolute atomic E-state index is 13.9. The molecule has 0 aromatic heterocycles. The van der Waals surface area contributed by atoms with Crippen molar-refractivity contribution >= 4 is 17.7 Å². The van der Waals surface area contributed by atoms with Crippen LogP contribution >= 0.6 is 0 Å². The first kappa shape index (κ1) is 18.9. The topological polar surface area (TPSA) is 58.6 Å². The van der Waals surface area contributed by atoms with Crippen LogP contribution in [0.3, 0.4) is 0 Å². The summed E-state index contributed by atoms with van der Waals surface area (Å²) in [5, 5.41) is 2.85. The van der Waals surface area contributed by atoms with Gasteiger partial charge in [-0.15, -0.1) is 0 Å². The highest BCUT2D eigenvalue weighted by molar-refractivity contribution is 5.94. The van der Waals surface area contributed by atoms with E-state index in [1.807, 2.05) is 44.2 Å². The number of nitrogens with zero attached hydrogens (tertiary/aromatic N) is 1. The Balaban J connectivity index is 1.81. The lowest BCUT2D eigenvalue weighted by atomic mass is 9.83. The molecule has 0 unspecified atom stereocenters. The first-order valence-corrected chi connectivity index (χ1v) is 8.95. The lowest BCUT2D eigenvalue weighted by Crippen LogP contribution is -2.50. The van der Waals surface area contributed by atoms with E-state index >= 15 is 0 Å². The summed E-state index contributed by atoms with van der Waals surface area (Å²) < 4.78 is 19.2. The van der Waals surface area contributed by atoms with Gasteiger partial charge in [-0.2, -0.15) is 0 Å². The molecule has 1 N–H and O–H groups in total. The highest BCUT2D eigenvalue weighted by Gasteiger charge is 2.39. The highest BCUT2D eigenvalue weighted by atomic mass is 19.1. The van der Waals surface area contributed by atoms with Gasteiger partial charge in [-0.25, -0.2) is 9.18 Å². The molecular formula is C21H23FN2O3. The van der Waals surface area contributed by atoms with Crippen molar-refractivity contribution in [3.63, 3.8) is 0 Å². The van der Waals surface area contributed by atoms with Crippen LogP contribution in [0.4, 0.5) is 14.9 Å². The zero-order valence-electron chi connectivity index (χ0n) is 15.6. The first-order valence-electron chi connectivity index (χ1n) is 8.95. The average Bonchev–Trinajstić information content (AvgIpc) is 2.65. The second-order valence-corrected chi connectivity index (χ2v) is 6.88. The standard InChI is InChI=1S/C21H23FN2O3/c1-13-14(2)24(15(3)25)19-10-9-17(22)11-18(19)20(13)23-21(26)27-12-16-7-5-4-6-8-16/h4-11,13-14,20H,12H2,1-3H3,(H,23,26)/t13-,14-,20+/m0/s1. The molecule has 1 aliphatic rings. The van der Waals surface area contributed by atoms with Gasteiger partial charge in [-0.1, -0.05) is 37.3 Å². The van der Waals surface area contributed by atoms with Crippen molar-refractivity contribution in [2.45, 2.75) is 39.5 Å². The van der Waals surface area contributed by atoms with Crippen molar-refractivity contribution in [3.8, 4) is 0 Å². The molecular weight excluding hydrogens is 347 g/mol. The van der Waals surface area contributed by atoms with Gasteiger partial charge in [0.2, 0.25) is 5.91 Å². The van der Waals surface area contributed by atoms with Gasteiger partial charge in [0.25, 0.3) is 0 Å². The third kappa shape index (κ3) is 3.94. The molecule has 0 spiro atoms. The molecule has 2 aromatic carbocycles. The molecule has 3 atom stereocenters. The molecule has 2 aromatic rings. The van der Waals surface area contributed by atoms with Crippen LogP contribution in [-0.4, -0.2) is 18.0 Å². The fourth-order valence-corrected chi connectivity index (χ4v) is 3.57. The summed E-state index contributed by atoms with van der Waals surface area (Å²) in [6.45, 7) is 5.48. The number of ether oxygens (including phenoxy) is 1. The third-order valence-corrected chi connectivity index (χ3v) is 5.10.